The molecule has 24 heavy (non-hydrogen) atoms. The van der Waals surface area contributed by atoms with Gasteiger partial charge in [-0.15, -0.1) is 0 Å². The third-order valence-electron chi connectivity index (χ3n) is 4.32. The minimum Gasteiger partial charge on any atom is -0.391 e. The molecule has 0 spiro atoms. The van der Waals surface area contributed by atoms with Crippen molar-refractivity contribution in [3.05, 3.63) is 53.6 Å². The number of benzene rings is 1. The summed E-state index contributed by atoms with van der Waals surface area (Å²) < 4.78 is 15.5. The standard InChI is InChI=1S/C19H22FN3O/c1-4-15(24)11-23-8-6-16-17(23)5-7-21-19(16)22-18-12(2)9-14(20)10-13(18)3/h5-10,15,24H,4,11H2,1-3H3,(H,21,22)/t15-/m1/s1. The molecule has 3 rings (SSSR count). The SMILES string of the molecule is CC[C@@H](O)Cn1ccc2c(Nc3c(C)cc(F)cc3C)nccc21. The first-order valence-electron chi connectivity index (χ1n) is 8.15. The van der Waals surface area contributed by atoms with E-state index in [4.69, 9.17) is 0 Å². The molecule has 0 aliphatic rings. The first-order valence-corrected chi connectivity index (χ1v) is 8.15. The number of nitrogens with zero attached hydrogens (tertiary/aromatic N) is 2. The first kappa shape index (κ1) is 16.5. The highest BCUT2D eigenvalue weighted by molar-refractivity contribution is 5.92. The lowest BCUT2D eigenvalue weighted by Crippen LogP contribution is -2.13. The third-order valence-corrected chi connectivity index (χ3v) is 4.32. The van der Waals surface area contributed by atoms with Crippen molar-refractivity contribution in [2.75, 3.05) is 5.32 Å². The van der Waals surface area contributed by atoms with Gasteiger partial charge in [-0.2, -0.15) is 0 Å². The number of aliphatic hydroxyl groups is 1. The second-order valence-corrected chi connectivity index (χ2v) is 6.16. The van der Waals surface area contributed by atoms with Gasteiger partial charge in [-0.1, -0.05) is 6.92 Å². The van der Waals surface area contributed by atoms with E-state index < -0.39 is 0 Å². The summed E-state index contributed by atoms with van der Waals surface area (Å²) in [4.78, 5) is 4.44. The minimum atomic E-state index is -0.369. The molecule has 2 N–H and O–H groups in total. The predicted octanol–water partition coefficient (Wildman–Crippen LogP) is 4.31. The van der Waals surface area contributed by atoms with Gasteiger partial charge in [-0.05, 0) is 55.7 Å². The van der Waals surface area contributed by atoms with Crippen molar-refractivity contribution >= 4 is 22.4 Å². The fourth-order valence-electron chi connectivity index (χ4n) is 2.96. The van der Waals surface area contributed by atoms with Crippen LogP contribution in [0.2, 0.25) is 0 Å². The van der Waals surface area contributed by atoms with E-state index in [1.165, 1.54) is 12.1 Å². The summed E-state index contributed by atoms with van der Waals surface area (Å²) in [5.74, 6) is 0.497. The van der Waals surface area contributed by atoms with Crippen LogP contribution in [0.15, 0.2) is 36.7 Å². The van der Waals surface area contributed by atoms with E-state index >= 15 is 0 Å². The van der Waals surface area contributed by atoms with Gasteiger partial charge >= 0.3 is 0 Å². The molecular weight excluding hydrogens is 305 g/mol. The van der Waals surface area contributed by atoms with E-state index in [0.717, 1.165) is 33.5 Å². The van der Waals surface area contributed by atoms with Gasteiger partial charge in [0.25, 0.3) is 0 Å². The van der Waals surface area contributed by atoms with E-state index in [0.29, 0.717) is 13.0 Å². The number of nitrogens with one attached hydrogen (secondary N) is 1. The maximum Gasteiger partial charge on any atom is 0.139 e. The highest BCUT2D eigenvalue weighted by atomic mass is 19.1. The van der Waals surface area contributed by atoms with Crippen LogP contribution in [0.3, 0.4) is 0 Å². The zero-order valence-electron chi connectivity index (χ0n) is 14.2. The van der Waals surface area contributed by atoms with Crippen LogP contribution in [-0.2, 0) is 6.54 Å². The molecule has 2 heterocycles. The van der Waals surface area contributed by atoms with Crippen LogP contribution >= 0.6 is 0 Å². The van der Waals surface area contributed by atoms with Gasteiger partial charge < -0.3 is 15.0 Å². The molecule has 0 fully saturated rings. The van der Waals surface area contributed by atoms with Crippen LogP contribution in [-0.4, -0.2) is 20.8 Å². The molecule has 3 aromatic rings. The average Bonchev–Trinajstić information content (AvgIpc) is 2.94. The maximum absolute atomic E-state index is 13.5. The Labute approximate surface area is 141 Å². The Balaban J connectivity index is 1.99. The Hall–Kier alpha value is -2.40. The summed E-state index contributed by atoms with van der Waals surface area (Å²) in [5.41, 5.74) is 3.56. The highest BCUT2D eigenvalue weighted by Gasteiger charge is 2.12. The van der Waals surface area contributed by atoms with Crippen LogP contribution < -0.4 is 5.32 Å². The molecule has 0 aliphatic carbocycles. The number of rotatable bonds is 5. The fraction of sp³-hybridized carbons (Fsp3) is 0.316. The molecule has 5 heteroatoms. The molecule has 0 bridgehead atoms. The molecule has 0 aliphatic heterocycles. The van der Waals surface area contributed by atoms with Crippen molar-refractivity contribution in [2.24, 2.45) is 0 Å². The summed E-state index contributed by atoms with van der Waals surface area (Å²) in [6.45, 7) is 6.27. The molecular formula is C19H22FN3O. The van der Waals surface area contributed by atoms with Crippen molar-refractivity contribution < 1.29 is 9.50 Å². The van der Waals surface area contributed by atoms with Gasteiger partial charge in [-0.3, -0.25) is 0 Å². The quantitative estimate of drug-likeness (QED) is 0.734. The summed E-state index contributed by atoms with van der Waals surface area (Å²) >= 11 is 0. The van der Waals surface area contributed by atoms with E-state index in [-0.39, 0.29) is 11.9 Å². The first-order chi connectivity index (χ1) is 11.5. The van der Waals surface area contributed by atoms with Gasteiger partial charge in [0, 0.05) is 30.0 Å². The Morgan fingerprint density at radius 1 is 1.25 bits per heavy atom. The Morgan fingerprint density at radius 2 is 1.96 bits per heavy atom. The number of aryl methyl sites for hydroxylation is 2. The van der Waals surface area contributed by atoms with Gasteiger partial charge in [0.1, 0.15) is 11.6 Å². The second kappa shape index (κ2) is 6.61. The number of halogens is 1. The number of anilines is 2. The molecule has 0 radical (unpaired) electrons. The second-order valence-electron chi connectivity index (χ2n) is 6.16. The Morgan fingerprint density at radius 3 is 2.62 bits per heavy atom. The largest absolute Gasteiger partial charge is 0.391 e. The summed E-state index contributed by atoms with van der Waals surface area (Å²) in [6.07, 6.45) is 4.05. The maximum atomic E-state index is 13.5. The lowest BCUT2D eigenvalue weighted by Gasteiger charge is -2.14. The molecule has 0 amide bonds. The Kier molecular flexibility index (Phi) is 4.53. The van der Waals surface area contributed by atoms with E-state index in [1.807, 2.05) is 43.7 Å². The highest BCUT2D eigenvalue weighted by Crippen LogP contribution is 2.29. The molecule has 2 aromatic heterocycles. The minimum absolute atomic E-state index is 0.235. The van der Waals surface area contributed by atoms with E-state index in [1.54, 1.807) is 6.20 Å². The third kappa shape index (κ3) is 3.12. The molecule has 1 atom stereocenters. The van der Waals surface area contributed by atoms with Gasteiger partial charge in [0.2, 0.25) is 0 Å². The smallest absolute Gasteiger partial charge is 0.139 e. The average molecular weight is 327 g/mol. The van der Waals surface area contributed by atoms with Crippen LogP contribution in [0.1, 0.15) is 24.5 Å². The van der Waals surface area contributed by atoms with Crippen LogP contribution in [0, 0.1) is 19.7 Å². The molecule has 0 saturated carbocycles. The Bertz CT molecular complexity index is 849. The van der Waals surface area contributed by atoms with Crippen LogP contribution in [0.5, 0.6) is 0 Å². The normalized spacial score (nSPS) is 12.5. The number of pyridine rings is 1. The van der Waals surface area contributed by atoms with Crippen molar-refractivity contribution in [2.45, 2.75) is 39.8 Å². The van der Waals surface area contributed by atoms with Crippen molar-refractivity contribution in [1.82, 2.24) is 9.55 Å². The van der Waals surface area contributed by atoms with E-state index in [2.05, 4.69) is 10.3 Å². The number of hydrogen-bond donors (Lipinski definition) is 2. The van der Waals surface area contributed by atoms with Crippen molar-refractivity contribution in [3.63, 3.8) is 0 Å². The van der Waals surface area contributed by atoms with E-state index in [9.17, 15) is 9.50 Å². The lowest BCUT2D eigenvalue weighted by atomic mass is 10.1. The number of aliphatic hydroxyl groups excluding tert-OH is 1. The zero-order chi connectivity index (χ0) is 17.3. The zero-order valence-corrected chi connectivity index (χ0v) is 14.2. The molecule has 0 unspecified atom stereocenters. The van der Waals surface area contributed by atoms with Crippen LogP contribution in [0.25, 0.3) is 10.9 Å². The fourth-order valence-corrected chi connectivity index (χ4v) is 2.96. The topological polar surface area (TPSA) is 50.1 Å². The molecule has 1 aromatic carbocycles. The number of aromatic nitrogens is 2. The van der Waals surface area contributed by atoms with Gasteiger partial charge in [-0.25, -0.2) is 9.37 Å². The predicted molar refractivity (Wildman–Crippen MR) is 95.2 cm³/mol. The van der Waals surface area contributed by atoms with Crippen molar-refractivity contribution in [3.8, 4) is 0 Å². The number of hydrogen-bond acceptors (Lipinski definition) is 3. The summed E-state index contributed by atoms with van der Waals surface area (Å²) in [7, 11) is 0. The number of fused-ring (bicyclic) bond motifs is 1. The monoisotopic (exact) mass is 327 g/mol. The van der Waals surface area contributed by atoms with Crippen molar-refractivity contribution in [1.29, 1.82) is 0 Å². The van der Waals surface area contributed by atoms with Gasteiger partial charge in [0.15, 0.2) is 0 Å². The summed E-state index contributed by atoms with van der Waals surface area (Å²) in [5, 5.41) is 14.2. The van der Waals surface area contributed by atoms with Crippen LogP contribution in [0.4, 0.5) is 15.9 Å². The molecule has 0 saturated heterocycles. The summed E-state index contributed by atoms with van der Waals surface area (Å²) in [6, 6.07) is 6.95. The lowest BCUT2D eigenvalue weighted by molar-refractivity contribution is 0.151. The molecule has 126 valence electrons. The van der Waals surface area contributed by atoms with Gasteiger partial charge in [0.05, 0.1) is 11.6 Å². The molecule has 4 nitrogen and oxygen atoms in total.